The minimum Gasteiger partial charge on any atom is -0.462 e. The lowest BCUT2D eigenvalue weighted by atomic mass is 10.0. The largest absolute Gasteiger partial charge is 0.462 e. The maximum atomic E-state index is 12.7. The van der Waals surface area contributed by atoms with E-state index in [1.165, 1.54) is 83.5 Å². The smallest absolute Gasteiger partial charge is 0.306 e. The molecular weight excluding hydrogens is 793 g/mol. The Morgan fingerprint density at radius 2 is 0.609 bits per heavy atom. The molecule has 0 aliphatic heterocycles. The van der Waals surface area contributed by atoms with Crippen LogP contribution >= 0.6 is 0 Å². The van der Waals surface area contributed by atoms with Gasteiger partial charge in [0.2, 0.25) is 0 Å². The summed E-state index contributed by atoms with van der Waals surface area (Å²) >= 11 is 0. The van der Waals surface area contributed by atoms with Crippen LogP contribution < -0.4 is 0 Å². The molecule has 364 valence electrons. The van der Waals surface area contributed by atoms with Gasteiger partial charge in [-0.2, -0.15) is 0 Å². The molecule has 0 aromatic rings. The quantitative estimate of drug-likeness (QED) is 0.0262. The fourth-order valence-electron chi connectivity index (χ4n) is 6.93. The molecule has 6 nitrogen and oxygen atoms in total. The van der Waals surface area contributed by atoms with Gasteiger partial charge in [0.25, 0.3) is 0 Å². The SMILES string of the molecule is CC/C=C\C/C=C\C/C=C\C/C=C\C/C=C\C/C=C\C/C=C\C/C=C\CCCCC(=O)OCC(COC(=O)CCCCCCCCC)OC(=O)CCCCCCCCCCCCCC. The summed E-state index contributed by atoms with van der Waals surface area (Å²) in [5, 5.41) is 0. The van der Waals surface area contributed by atoms with E-state index in [1.54, 1.807) is 0 Å². The lowest BCUT2D eigenvalue weighted by molar-refractivity contribution is -0.167. The van der Waals surface area contributed by atoms with Crippen LogP contribution in [-0.2, 0) is 28.6 Å². The zero-order valence-electron chi connectivity index (χ0n) is 41.5. The zero-order valence-corrected chi connectivity index (χ0v) is 41.5. The molecule has 0 heterocycles. The molecule has 0 fully saturated rings. The van der Waals surface area contributed by atoms with E-state index in [4.69, 9.17) is 14.2 Å². The maximum Gasteiger partial charge on any atom is 0.306 e. The van der Waals surface area contributed by atoms with E-state index in [1.807, 2.05) is 0 Å². The van der Waals surface area contributed by atoms with Crippen molar-refractivity contribution in [3.8, 4) is 0 Å². The lowest BCUT2D eigenvalue weighted by Crippen LogP contribution is -2.30. The molecule has 0 aliphatic rings. The first-order valence-electron chi connectivity index (χ1n) is 26.2. The van der Waals surface area contributed by atoms with Crippen LogP contribution in [-0.4, -0.2) is 37.2 Å². The van der Waals surface area contributed by atoms with E-state index in [2.05, 4.69) is 118 Å². The second kappa shape index (κ2) is 52.0. The van der Waals surface area contributed by atoms with Crippen LogP contribution in [0.3, 0.4) is 0 Å². The molecule has 1 atom stereocenters. The Kier molecular flexibility index (Phi) is 49.0. The summed E-state index contributed by atoms with van der Waals surface area (Å²) < 4.78 is 16.7. The highest BCUT2D eigenvalue weighted by atomic mass is 16.6. The highest BCUT2D eigenvalue weighted by molar-refractivity contribution is 5.71. The molecule has 0 bridgehead atoms. The summed E-state index contributed by atoms with van der Waals surface area (Å²) in [5.41, 5.74) is 0. The third-order valence-electron chi connectivity index (χ3n) is 10.9. The number of ether oxygens (including phenoxy) is 3. The first kappa shape index (κ1) is 60.3. The normalized spacial score (nSPS) is 12.9. The molecule has 0 saturated carbocycles. The Hall–Kier alpha value is -3.67. The van der Waals surface area contributed by atoms with E-state index < -0.39 is 6.10 Å². The van der Waals surface area contributed by atoms with Gasteiger partial charge in [-0.3, -0.25) is 14.4 Å². The van der Waals surface area contributed by atoms with Gasteiger partial charge in [0.1, 0.15) is 13.2 Å². The second-order valence-electron chi connectivity index (χ2n) is 17.1. The molecule has 0 spiro atoms. The van der Waals surface area contributed by atoms with Crippen molar-refractivity contribution in [3.05, 3.63) is 97.2 Å². The molecular formula is C58H96O6. The second-order valence-corrected chi connectivity index (χ2v) is 17.1. The van der Waals surface area contributed by atoms with Crippen LogP contribution in [0, 0.1) is 0 Å². The molecule has 0 radical (unpaired) electrons. The van der Waals surface area contributed by atoms with Crippen LogP contribution in [0.15, 0.2) is 97.2 Å². The van der Waals surface area contributed by atoms with Crippen molar-refractivity contribution in [2.24, 2.45) is 0 Å². The van der Waals surface area contributed by atoms with Gasteiger partial charge in [0, 0.05) is 19.3 Å². The number of hydrogen-bond acceptors (Lipinski definition) is 6. The van der Waals surface area contributed by atoms with Crippen molar-refractivity contribution in [1.29, 1.82) is 0 Å². The first-order valence-corrected chi connectivity index (χ1v) is 26.2. The highest BCUT2D eigenvalue weighted by Crippen LogP contribution is 2.14. The van der Waals surface area contributed by atoms with Crippen LogP contribution in [0.4, 0.5) is 0 Å². The number of hydrogen-bond donors (Lipinski definition) is 0. The van der Waals surface area contributed by atoms with Crippen LogP contribution in [0.5, 0.6) is 0 Å². The third-order valence-corrected chi connectivity index (χ3v) is 10.9. The predicted molar refractivity (Wildman–Crippen MR) is 274 cm³/mol. The molecule has 0 saturated heterocycles. The lowest BCUT2D eigenvalue weighted by Gasteiger charge is -2.18. The summed E-state index contributed by atoms with van der Waals surface area (Å²) in [5.74, 6) is -0.945. The Morgan fingerprint density at radius 3 is 0.953 bits per heavy atom. The summed E-state index contributed by atoms with van der Waals surface area (Å²) in [6, 6.07) is 0. The Balaban J connectivity index is 4.28. The van der Waals surface area contributed by atoms with Crippen LogP contribution in [0.2, 0.25) is 0 Å². The molecule has 0 aliphatic carbocycles. The Morgan fingerprint density at radius 1 is 0.328 bits per heavy atom. The van der Waals surface area contributed by atoms with Gasteiger partial charge < -0.3 is 14.2 Å². The summed E-state index contributed by atoms with van der Waals surface area (Å²) in [6.07, 6.45) is 68.4. The standard InChI is InChI=1S/C58H96O6/c1-4-7-10-13-16-18-20-22-23-24-25-26-27-28-29-30-31-32-33-34-35-36-38-39-42-45-48-51-57(60)63-54-55(53-62-56(59)50-47-44-41-15-12-9-6-3)64-58(61)52-49-46-43-40-37-21-19-17-14-11-8-5-2/h7,10,16,18,22-23,25-26,28-29,31-32,34-35,38-39,55H,4-6,8-9,11-15,17,19-21,24,27,30,33,36-37,40-54H2,1-3H3/b10-7-,18-16-,23-22-,26-25-,29-28-,32-31-,35-34-,39-38-. The van der Waals surface area contributed by atoms with Gasteiger partial charge in [-0.25, -0.2) is 0 Å². The minimum atomic E-state index is -0.790. The average Bonchev–Trinajstić information content (AvgIpc) is 3.29. The summed E-state index contributed by atoms with van der Waals surface area (Å²) in [7, 11) is 0. The van der Waals surface area contributed by atoms with Gasteiger partial charge >= 0.3 is 17.9 Å². The van der Waals surface area contributed by atoms with E-state index in [0.717, 1.165) is 109 Å². The van der Waals surface area contributed by atoms with Gasteiger partial charge in [-0.15, -0.1) is 0 Å². The van der Waals surface area contributed by atoms with Crippen molar-refractivity contribution in [2.75, 3.05) is 13.2 Å². The predicted octanol–water partition coefficient (Wildman–Crippen LogP) is 17.4. The van der Waals surface area contributed by atoms with Crippen molar-refractivity contribution < 1.29 is 28.6 Å². The van der Waals surface area contributed by atoms with E-state index in [9.17, 15) is 14.4 Å². The number of unbranched alkanes of at least 4 members (excludes halogenated alkanes) is 19. The third kappa shape index (κ3) is 49.3. The molecule has 6 heteroatoms. The zero-order chi connectivity index (χ0) is 46.5. The first-order chi connectivity index (χ1) is 31.5. The fraction of sp³-hybridized carbons (Fsp3) is 0.672. The van der Waals surface area contributed by atoms with Gasteiger partial charge in [-0.05, 0) is 83.5 Å². The van der Waals surface area contributed by atoms with E-state index in [0.29, 0.717) is 19.3 Å². The van der Waals surface area contributed by atoms with Gasteiger partial charge in [0.05, 0.1) is 0 Å². The van der Waals surface area contributed by atoms with Crippen molar-refractivity contribution in [2.45, 2.75) is 239 Å². The van der Waals surface area contributed by atoms with Crippen molar-refractivity contribution in [1.82, 2.24) is 0 Å². The molecule has 0 aromatic carbocycles. The molecule has 64 heavy (non-hydrogen) atoms. The van der Waals surface area contributed by atoms with E-state index in [-0.39, 0.29) is 31.1 Å². The minimum absolute atomic E-state index is 0.0899. The molecule has 0 rings (SSSR count). The number of carbonyl (C=O) groups is 3. The number of carbonyl (C=O) groups excluding carboxylic acids is 3. The molecule has 0 N–H and O–H groups in total. The molecule has 0 aromatic heterocycles. The van der Waals surface area contributed by atoms with Crippen LogP contribution in [0.25, 0.3) is 0 Å². The number of allylic oxidation sites excluding steroid dienone is 16. The van der Waals surface area contributed by atoms with Crippen molar-refractivity contribution >= 4 is 17.9 Å². The highest BCUT2D eigenvalue weighted by Gasteiger charge is 2.19. The number of esters is 3. The Labute approximate surface area is 394 Å². The van der Waals surface area contributed by atoms with E-state index >= 15 is 0 Å². The topological polar surface area (TPSA) is 78.9 Å². The Bertz CT molecular complexity index is 1300. The average molecular weight is 889 g/mol. The fourth-order valence-corrected chi connectivity index (χ4v) is 6.93. The van der Waals surface area contributed by atoms with Gasteiger partial charge in [-0.1, -0.05) is 227 Å². The van der Waals surface area contributed by atoms with Gasteiger partial charge in [0.15, 0.2) is 6.10 Å². The summed E-state index contributed by atoms with van der Waals surface area (Å²) in [4.78, 5) is 37.7. The van der Waals surface area contributed by atoms with Crippen LogP contribution in [0.1, 0.15) is 233 Å². The summed E-state index contributed by atoms with van der Waals surface area (Å²) in [6.45, 7) is 6.43. The van der Waals surface area contributed by atoms with Crippen molar-refractivity contribution in [3.63, 3.8) is 0 Å². The maximum absolute atomic E-state index is 12.7. The molecule has 1 unspecified atom stereocenters. The number of rotatable bonds is 46. The monoisotopic (exact) mass is 889 g/mol. The molecule has 0 amide bonds.